The van der Waals surface area contributed by atoms with E-state index in [9.17, 15) is 14.9 Å². The predicted octanol–water partition coefficient (Wildman–Crippen LogP) is 3.77. The van der Waals surface area contributed by atoms with Crippen molar-refractivity contribution in [3.63, 3.8) is 0 Å². The van der Waals surface area contributed by atoms with Crippen LogP contribution in [0.5, 0.6) is 11.5 Å². The van der Waals surface area contributed by atoms with Gasteiger partial charge in [0, 0.05) is 6.54 Å². The van der Waals surface area contributed by atoms with Crippen molar-refractivity contribution in [3.8, 4) is 17.6 Å². The van der Waals surface area contributed by atoms with Crippen LogP contribution in [0.4, 0.5) is 0 Å². The number of nitrogens with zero attached hydrogens (tertiary/aromatic N) is 1. The van der Waals surface area contributed by atoms with Gasteiger partial charge in [0.25, 0.3) is 5.91 Å². The summed E-state index contributed by atoms with van der Waals surface area (Å²) in [6.07, 6.45) is 3.48. The molecule has 0 radical (unpaired) electrons. The molecule has 0 spiro atoms. The van der Waals surface area contributed by atoms with Crippen LogP contribution in [-0.4, -0.2) is 25.5 Å². The fraction of sp³-hybridized carbons (Fsp3) is 0.125. The van der Waals surface area contributed by atoms with Gasteiger partial charge >= 0.3 is 5.97 Å². The third kappa shape index (κ3) is 5.84. The zero-order chi connectivity index (χ0) is 22.1. The Morgan fingerprint density at radius 3 is 2.58 bits per heavy atom. The second kappa shape index (κ2) is 10.5. The number of rotatable bonds is 8. The molecule has 0 saturated heterocycles. The van der Waals surface area contributed by atoms with Gasteiger partial charge in [-0.2, -0.15) is 5.26 Å². The van der Waals surface area contributed by atoms with Gasteiger partial charge in [0.15, 0.2) is 11.5 Å². The first-order valence-corrected chi connectivity index (χ1v) is 9.48. The van der Waals surface area contributed by atoms with E-state index in [-0.39, 0.29) is 22.8 Å². The summed E-state index contributed by atoms with van der Waals surface area (Å²) in [6.45, 7) is 0.410. The van der Waals surface area contributed by atoms with E-state index in [1.165, 1.54) is 31.6 Å². The lowest BCUT2D eigenvalue weighted by Gasteiger charge is -2.09. The summed E-state index contributed by atoms with van der Waals surface area (Å²) in [7, 11) is 1.43. The Kier molecular flexibility index (Phi) is 7.22. The number of benzene rings is 2. The number of carbonyl (C=O) groups is 2. The Morgan fingerprint density at radius 1 is 1.10 bits per heavy atom. The van der Waals surface area contributed by atoms with Crippen molar-refractivity contribution >= 4 is 18.0 Å². The van der Waals surface area contributed by atoms with Crippen molar-refractivity contribution < 1.29 is 23.5 Å². The summed E-state index contributed by atoms with van der Waals surface area (Å²) in [4.78, 5) is 24.4. The fourth-order valence-corrected chi connectivity index (χ4v) is 2.78. The highest BCUT2D eigenvalue weighted by molar-refractivity contribution is 6.01. The molecule has 0 saturated carbocycles. The minimum atomic E-state index is -0.665. The number of carbonyl (C=O) groups excluding carboxylic acids is 2. The number of esters is 1. The molecular weight excluding hydrogens is 396 g/mol. The SMILES string of the molecule is COc1cc(/C=C(\C#N)C(=O)NCCc2ccccc2)ccc1OC(=O)c1ccco1. The second-order valence-electron chi connectivity index (χ2n) is 6.44. The van der Waals surface area contributed by atoms with E-state index < -0.39 is 11.9 Å². The van der Waals surface area contributed by atoms with Gasteiger partial charge in [0.2, 0.25) is 5.76 Å². The molecule has 0 aliphatic rings. The summed E-state index contributed by atoms with van der Waals surface area (Å²) in [5.74, 6) is -0.611. The molecule has 156 valence electrons. The normalized spacial score (nSPS) is 10.8. The van der Waals surface area contributed by atoms with Crippen molar-refractivity contribution in [2.75, 3.05) is 13.7 Å². The molecule has 3 aromatic rings. The third-order valence-electron chi connectivity index (χ3n) is 4.33. The highest BCUT2D eigenvalue weighted by Gasteiger charge is 2.15. The number of hydrogen-bond acceptors (Lipinski definition) is 6. The molecule has 31 heavy (non-hydrogen) atoms. The molecule has 0 atom stereocenters. The lowest BCUT2D eigenvalue weighted by atomic mass is 10.1. The average molecular weight is 416 g/mol. The Bertz CT molecular complexity index is 1110. The van der Waals surface area contributed by atoms with Gasteiger partial charge in [-0.05, 0) is 47.9 Å². The highest BCUT2D eigenvalue weighted by atomic mass is 16.6. The van der Waals surface area contributed by atoms with Crippen LogP contribution in [0.15, 0.2) is 76.9 Å². The van der Waals surface area contributed by atoms with E-state index in [1.54, 1.807) is 18.2 Å². The lowest BCUT2D eigenvalue weighted by Crippen LogP contribution is -2.26. The molecular formula is C24H20N2O5. The molecule has 0 fully saturated rings. The Hall–Kier alpha value is -4.31. The summed E-state index contributed by atoms with van der Waals surface area (Å²) in [6, 6.07) is 19.4. The van der Waals surface area contributed by atoms with Crippen LogP contribution in [-0.2, 0) is 11.2 Å². The van der Waals surface area contributed by atoms with Crippen LogP contribution in [0.3, 0.4) is 0 Å². The van der Waals surface area contributed by atoms with Gasteiger partial charge in [-0.1, -0.05) is 36.4 Å². The van der Waals surface area contributed by atoms with Crippen LogP contribution in [0, 0.1) is 11.3 Å². The maximum absolute atomic E-state index is 12.4. The van der Waals surface area contributed by atoms with Crippen molar-refractivity contribution in [1.82, 2.24) is 5.32 Å². The number of ether oxygens (including phenoxy) is 2. The van der Waals surface area contributed by atoms with E-state index in [1.807, 2.05) is 36.4 Å². The molecule has 1 heterocycles. The van der Waals surface area contributed by atoms with Crippen LogP contribution < -0.4 is 14.8 Å². The molecule has 1 amide bonds. The topological polar surface area (TPSA) is 102 Å². The molecule has 7 heteroatoms. The number of amides is 1. The summed E-state index contributed by atoms with van der Waals surface area (Å²) in [5.41, 5.74) is 1.59. The predicted molar refractivity (Wildman–Crippen MR) is 113 cm³/mol. The largest absolute Gasteiger partial charge is 0.493 e. The number of hydrogen-bond donors (Lipinski definition) is 1. The lowest BCUT2D eigenvalue weighted by molar-refractivity contribution is -0.117. The van der Waals surface area contributed by atoms with Crippen molar-refractivity contribution in [2.45, 2.75) is 6.42 Å². The molecule has 1 aromatic heterocycles. The third-order valence-corrected chi connectivity index (χ3v) is 4.33. The first-order valence-electron chi connectivity index (χ1n) is 9.48. The first-order chi connectivity index (χ1) is 15.1. The first kappa shape index (κ1) is 21.4. The Balaban J connectivity index is 1.67. The molecule has 0 aliphatic carbocycles. The van der Waals surface area contributed by atoms with E-state index in [0.717, 1.165) is 5.56 Å². The van der Waals surface area contributed by atoms with Crippen LogP contribution >= 0.6 is 0 Å². The van der Waals surface area contributed by atoms with Crippen molar-refractivity contribution in [1.29, 1.82) is 5.26 Å². The van der Waals surface area contributed by atoms with E-state index in [4.69, 9.17) is 13.9 Å². The fourth-order valence-electron chi connectivity index (χ4n) is 2.78. The molecule has 0 unspecified atom stereocenters. The van der Waals surface area contributed by atoms with Crippen LogP contribution in [0.25, 0.3) is 6.08 Å². The van der Waals surface area contributed by atoms with E-state index >= 15 is 0 Å². The number of nitriles is 1. The van der Waals surface area contributed by atoms with E-state index in [0.29, 0.717) is 18.5 Å². The minimum absolute atomic E-state index is 0.0459. The van der Waals surface area contributed by atoms with Crippen LogP contribution in [0.2, 0.25) is 0 Å². The zero-order valence-electron chi connectivity index (χ0n) is 16.8. The number of nitrogens with one attached hydrogen (secondary N) is 1. The highest BCUT2D eigenvalue weighted by Crippen LogP contribution is 2.29. The molecule has 0 aliphatic heterocycles. The van der Waals surface area contributed by atoms with Crippen molar-refractivity contribution in [3.05, 3.63) is 89.4 Å². The average Bonchev–Trinajstić information content (AvgIpc) is 3.34. The van der Waals surface area contributed by atoms with Gasteiger partial charge in [0.05, 0.1) is 13.4 Å². The molecule has 0 bridgehead atoms. The summed E-state index contributed by atoms with van der Waals surface area (Å²) in [5, 5.41) is 12.1. The number of furan rings is 1. The second-order valence-corrected chi connectivity index (χ2v) is 6.44. The molecule has 2 aromatic carbocycles. The monoisotopic (exact) mass is 416 g/mol. The Morgan fingerprint density at radius 2 is 1.90 bits per heavy atom. The van der Waals surface area contributed by atoms with E-state index in [2.05, 4.69) is 5.32 Å². The minimum Gasteiger partial charge on any atom is -0.493 e. The maximum atomic E-state index is 12.4. The number of methoxy groups -OCH3 is 1. The van der Waals surface area contributed by atoms with Crippen molar-refractivity contribution in [2.24, 2.45) is 0 Å². The summed E-state index contributed by atoms with van der Waals surface area (Å²) >= 11 is 0. The quantitative estimate of drug-likeness (QED) is 0.260. The molecule has 7 nitrogen and oxygen atoms in total. The van der Waals surface area contributed by atoms with Gasteiger partial charge < -0.3 is 19.2 Å². The summed E-state index contributed by atoms with van der Waals surface area (Å²) < 4.78 is 15.6. The molecule has 1 N–H and O–H groups in total. The standard InChI is InChI=1S/C24H20N2O5/c1-29-22-15-18(9-10-20(22)31-24(28)21-8-5-13-30-21)14-19(16-25)23(27)26-12-11-17-6-3-2-4-7-17/h2-10,13-15H,11-12H2,1H3,(H,26,27)/b19-14+. The smallest absolute Gasteiger partial charge is 0.379 e. The van der Waals surface area contributed by atoms with Gasteiger partial charge in [-0.3, -0.25) is 4.79 Å². The molecule has 3 rings (SSSR count). The van der Waals surface area contributed by atoms with Gasteiger partial charge in [-0.15, -0.1) is 0 Å². The van der Waals surface area contributed by atoms with Gasteiger partial charge in [0.1, 0.15) is 11.6 Å². The van der Waals surface area contributed by atoms with Gasteiger partial charge in [-0.25, -0.2) is 4.79 Å². The Labute approximate surface area is 179 Å². The maximum Gasteiger partial charge on any atom is 0.379 e. The zero-order valence-corrected chi connectivity index (χ0v) is 16.8. The van der Waals surface area contributed by atoms with Crippen LogP contribution in [0.1, 0.15) is 21.7 Å².